The number of nitrogens with two attached hydrogens (primary N) is 1. The fraction of sp³-hybridized carbons (Fsp3) is 0.333. The summed E-state index contributed by atoms with van der Waals surface area (Å²) >= 11 is 0. The van der Waals surface area contributed by atoms with Crippen molar-refractivity contribution in [3.05, 3.63) is 59.7 Å². The zero-order valence-corrected chi connectivity index (χ0v) is 12.6. The van der Waals surface area contributed by atoms with Crippen LogP contribution in [0.3, 0.4) is 0 Å². The second-order valence-corrected chi connectivity index (χ2v) is 5.39. The van der Waals surface area contributed by atoms with Crippen LogP contribution in [-0.4, -0.2) is 13.1 Å². The number of para-hydroxylation sites is 1. The lowest BCUT2D eigenvalue weighted by molar-refractivity contribution is 0.737. The molecule has 0 bridgehead atoms. The Hall–Kier alpha value is -1.80. The number of rotatable bonds is 5. The number of nitrogens with zero attached hydrogens (tertiary/aromatic N) is 1. The molecule has 2 N–H and O–H groups in total. The van der Waals surface area contributed by atoms with Crippen LogP contribution >= 0.6 is 0 Å². The maximum absolute atomic E-state index is 5.95. The first-order chi connectivity index (χ1) is 9.61. The average Bonchev–Trinajstić information content (AvgIpc) is 2.46. The molecule has 0 aromatic heterocycles. The molecule has 1 unspecified atom stereocenters. The first-order valence-corrected chi connectivity index (χ1v) is 7.28. The molecule has 1 atom stereocenters. The summed E-state index contributed by atoms with van der Waals surface area (Å²) in [6.45, 7) is 4.23. The van der Waals surface area contributed by atoms with E-state index in [2.05, 4.69) is 67.4 Å². The Labute approximate surface area is 122 Å². The molecule has 106 valence electrons. The van der Waals surface area contributed by atoms with Crippen LogP contribution in [0, 0.1) is 0 Å². The molecule has 0 saturated carbocycles. The highest BCUT2D eigenvalue weighted by Gasteiger charge is 2.10. The molecule has 2 rings (SSSR count). The molecular formula is C18H24N2. The third-order valence-electron chi connectivity index (χ3n) is 3.63. The first-order valence-electron chi connectivity index (χ1n) is 7.28. The lowest BCUT2D eigenvalue weighted by Crippen LogP contribution is -2.20. The van der Waals surface area contributed by atoms with Gasteiger partial charge in [0.2, 0.25) is 0 Å². The second kappa shape index (κ2) is 6.58. The largest absolute Gasteiger partial charge is 0.344 e. The summed E-state index contributed by atoms with van der Waals surface area (Å²) in [6.07, 6.45) is 1.97. The van der Waals surface area contributed by atoms with Crippen molar-refractivity contribution in [2.24, 2.45) is 5.73 Å². The molecule has 0 fully saturated rings. The van der Waals surface area contributed by atoms with Gasteiger partial charge in [0.1, 0.15) is 0 Å². The van der Waals surface area contributed by atoms with E-state index in [0.717, 1.165) is 12.8 Å². The topological polar surface area (TPSA) is 29.3 Å². The van der Waals surface area contributed by atoms with Crippen molar-refractivity contribution in [3.8, 4) is 0 Å². The highest BCUT2D eigenvalue weighted by molar-refractivity contribution is 5.66. The highest BCUT2D eigenvalue weighted by Crippen LogP contribution is 2.27. The quantitative estimate of drug-likeness (QED) is 0.891. The van der Waals surface area contributed by atoms with Crippen LogP contribution in [0.2, 0.25) is 0 Å². The molecular weight excluding hydrogens is 244 g/mol. The van der Waals surface area contributed by atoms with Crippen molar-refractivity contribution in [3.63, 3.8) is 0 Å². The van der Waals surface area contributed by atoms with Crippen molar-refractivity contribution >= 4 is 11.4 Å². The molecule has 0 heterocycles. The highest BCUT2D eigenvalue weighted by atomic mass is 15.1. The smallest absolute Gasteiger partial charge is 0.0441 e. The average molecular weight is 268 g/mol. The third-order valence-corrected chi connectivity index (χ3v) is 3.63. The summed E-state index contributed by atoms with van der Waals surface area (Å²) < 4.78 is 0. The number of hydrogen-bond acceptors (Lipinski definition) is 2. The van der Waals surface area contributed by atoms with E-state index in [1.54, 1.807) is 0 Å². The minimum Gasteiger partial charge on any atom is -0.344 e. The van der Waals surface area contributed by atoms with E-state index in [9.17, 15) is 0 Å². The Kier molecular flexibility index (Phi) is 4.80. The lowest BCUT2D eigenvalue weighted by Gasteiger charge is -2.23. The summed E-state index contributed by atoms with van der Waals surface area (Å²) in [5, 5.41) is 0. The van der Waals surface area contributed by atoms with E-state index in [1.807, 2.05) is 6.92 Å². The van der Waals surface area contributed by atoms with Gasteiger partial charge >= 0.3 is 0 Å². The molecule has 0 aliphatic heterocycles. The number of anilines is 2. The van der Waals surface area contributed by atoms with Crippen LogP contribution in [0.4, 0.5) is 11.4 Å². The predicted molar refractivity (Wildman–Crippen MR) is 87.7 cm³/mol. The lowest BCUT2D eigenvalue weighted by atomic mass is 10.0. The molecule has 0 saturated heterocycles. The molecule has 0 aliphatic rings. The molecule has 0 spiro atoms. The van der Waals surface area contributed by atoms with E-state index in [0.29, 0.717) is 0 Å². The van der Waals surface area contributed by atoms with Gasteiger partial charge in [0, 0.05) is 24.5 Å². The van der Waals surface area contributed by atoms with Gasteiger partial charge in [-0.2, -0.15) is 0 Å². The van der Waals surface area contributed by atoms with E-state index in [1.165, 1.54) is 22.5 Å². The van der Waals surface area contributed by atoms with Gasteiger partial charge in [-0.15, -0.1) is 0 Å². The van der Waals surface area contributed by atoms with Crippen LogP contribution < -0.4 is 10.6 Å². The van der Waals surface area contributed by atoms with Crippen molar-refractivity contribution < 1.29 is 0 Å². The van der Waals surface area contributed by atoms with E-state index in [4.69, 9.17) is 5.73 Å². The van der Waals surface area contributed by atoms with Crippen LogP contribution in [0.15, 0.2) is 48.5 Å². The summed E-state index contributed by atoms with van der Waals surface area (Å²) in [7, 11) is 2.11. The number of benzene rings is 2. The SMILES string of the molecule is CCc1ccc(N(C)c2ccccc2CC(C)N)cc1. The Balaban J connectivity index is 2.29. The maximum Gasteiger partial charge on any atom is 0.0441 e. The van der Waals surface area contributed by atoms with Crippen LogP contribution in [0.1, 0.15) is 25.0 Å². The van der Waals surface area contributed by atoms with Gasteiger partial charge < -0.3 is 10.6 Å². The van der Waals surface area contributed by atoms with Gasteiger partial charge in [-0.25, -0.2) is 0 Å². The Bertz CT molecular complexity index is 544. The van der Waals surface area contributed by atoms with Crippen molar-refractivity contribution in [2.45, 2.75) is 32.7 Å². The van der Waals surface area contributed by atoms with Gasteiger partial charge in [0.25, 0.3) is 0 Å². The minimum absolute atomic E-state index is 0.173. The van der Waals surface area contributed by atoms with Gasteiger partial charge in [0.05, 0.1) is 0 Å². The number of hydrogen-bond donors (Lipinski definition) is 1. The van der Waals surface area contributed by atoms with Crippen molar-refractivity contribution in [1.29, 1.82) is 0 Å². The monoisotopic (exact) mass is 268 g/mol. The molecule has 0 radical (unpaired) electrons. The van der Waals surface area contributed by atoms with E-state index in [-0.39, 0.29) is 6.04 Å². The Morgan fingerprint density at radius 3 is 2.30 bits per heavy atom. The molecule has 20 heavy (non-hydrogen) atoms. The zero-order valence-electron chi connectivity index (χ0n) is 12.6. The van der Waals surface area contributed by atoms with Crippen molar-refractivity contribution in [1.82, 2.24) is 0 Å². The molecule has 2 aromatic carbocycles. The van der Waals surface area contributed by atoms with Crippen LogP contribution in [-0.2, 0) is 12.8 Å². The predicted octanol–water partition coefficient (Wildman–Crippen LogP) is 3.91. The second-order valence-electron chi connectivity index (χ2n) is 5.39. The van der Waals surface area contributed by atoms with Crippen LogP contribution in [0.25, 0.3) is 0 Å². The fourth-order valence-corrected chi connectivity index (χ4v) is 2.45. The molecule has 2 nitrogen and oxygen atoms in total. The molecule has 0 aliphatic carbocycles. The number of aryl methyl sites for hydroxylation is 1. The van der Waals surface area contributed by atoms with Gasteiger partial charge in [0.15, 0.2) is 0 Å². The van der Waals surface area contributed by atoms with Gasteiger partial charge in [-0.3, -0.25) is 0 Å². The van der Waals surface area contributed by atoms with E-state index >= 15 is 0 Å². The van der Waals surface area contributed by atoms with Crippen LogP contribution in [0.5, 0.6) is 0 Å². The van der Waals surface area contributed by atoms with Gasteiger partial charge in [-0.05, 0) is 49.1 Å². The van der Waals surface area contributed by atoms with E-state index < -0.39 is 0 Å². The fourth-order valence-electron chi connectivity index (χ4n) is 2.45. The minimum atomic E-state index is 0.173. The molecule has 2 heteroatoms. The maximum atomic E-state index is 5.95. The first kappa shape index (κ1) is 14.6. The Morgan fingerprint density at radius 2 is 1.70 bits per heavy atom. The normalized spacial score (nSPS) is 12.2. The molecule has 2 aromatic rings. The molecule has 0 amide bonds. The summed E-state index contributed by atoms with van der Waals surface area (Å²) in [5.74, 6) is 0. The van der Waals surface area contributed by atoms with Crippen molar-refractivity contribution in [2.75, 3.05) is 11.9 Å². The Morgan fingerprint density at radius 1 is 1.05 bits per heavy atom. The van der Waals surface area contributed by atoms with Gasteiger partial charge in [-0.1, -0.05) is 37.3 Å². The zero-order chi connectivity index (χ0) is 14.5. The summed E-state index contributed by atoms with van der Waals surface area (Å²) in [5.41, 5.74) is 11.1. The third kappa shape index (κ3) is 3.40. The standard InChI is InChI=1S/C18H24N2/c1-4-15-9-11-17(12-10-15)20(3)18-8-6-5-7-16(18)13-14(2)19/h5-12,14H,4,13,19H2,1-3H3. The summed E-state index contributed by atoms with van der Waals surface area (Å²) in [4.78, 5) is 2.23. The summed E-state index contributed by atoms with van der Waals surface area (Å²) in [6, 6.07) is 17.4.